The Kier molecular flexibility index (Phi) is 3.82. The first-order valence-corrected chi connectivity index (χ1v) is 6.31. The zero-order chi connectivity index (χ0) is 11.5. The zero-order valence-corrected chi connectivity index (χ0v) is 10.3. The van der Waals surface area contributed by atoms with E-state index in [4.69, 9.17) is 4.74 Å². The maximum atomic E-state index is 11.7. The summed E-state index contributed by atoms with van der Waals surface area (Å²) in [5, 5.41) is 0. The molecule has 2 rings (SSSR count). The largest absolute Gasteiger partial charge is 0.373 e. The Hall–Kier alpha value is -0.610. The average Bonchev–Trinajstić information content (AvgIpc) is 2.20. The number of hydrogen-bond donors (Lipinski definition) is 0. The van der Waals surface area contributed by atoms with Crippen LogP contribution >= 0.6 is 0 Å². The lowest BCUT2D eigenvalue weighted by Gasteiger charge is -2.39. The molecule has 0 unspecified atom stereocenters. The van der Waals surface area contributed by atoms with Gasteiger partial charge < -0.3 is 9.64 Å². The minimum atomic E-state index is 0.281. The van der Waals surface area contributed by atoms with Crippen molar-refractivity contribution in [3.05, 3.63) is 0 Å². The number of piperidine rings is 1. The van der Waals surface area contributed by atoms with Crippen molar-refractivity contribution in [2.24, 2.45) is 0 Å². The number of amides is 1. The zero-order valence-electron chi connectivity index (χ0n) is 10.3. The smallest absolute Gasteiger partial charge is 0.223 e. The SMILES string of the molecule is C[C@H]1CN(CN2CCCCC2=O)C[C@H](C)O1. The maximum Gasteiger partial charge on any atom is 0.223 e. The monoisotopic (exact) mass is 226 g/mol. The number of hydrogen-bond acceptors (Lipinski definition) is 3. The Labute approximate surface area is 97.5 Å². The van der Waals surface area contributed by atoms with Crippen molar-refractivity contribution >= 4 is 5.91 Å². The molecule has 0 aromatic heterocycles. The molecule has 4 nitrogen and oxygen atoms in total. The molecule has 2 heterocycles. The first-order valence-electron chi connectivity index (χ1n) is 6.31. The lowest BCUT2D eigenvalue weighted by Crippen LogP contribution is -2.51. The molecular formula is C12H22N2O2. The highest BCUT2D eigenvalue weighted by molar-refractivity contribution is 5.76. The van der Waals surface area contributed by atoms with Gasteiger partial charge in [-0.15, -0.1) is 0 Å². The van der Waals surface area contributed by atoms with Gasteiger partial charge in [0.25, 0.3) is 0 Å². The number of morpholine rings is 1. The summed E-state index contributed by atoms with van der Waals surface area (Å²) in [7, 11) is 0. The van der Waals surface area contributed by atoms with Crippen molar-refractivity contribution in [2.45, 2.75) is 45.3 Å². The van der Waals surface area contributed by atoms with Crippen LogP contribution in [-0.4, -0.2) is 54.2 Å². The molecule has 2 aliphatic rings. The third kappa shape index (κ3) is 2.95. The van der Waals surface area contributed by atoms with Crippen molar-refractivity contribution in [1.82, 2.24) is 9.80 Å². The van der Waals surface area contributed by atoms with Crippen LogP contribution in [0.2, 0.25) is 0 Å². The summed E-state index contributed by atoms with van der Waals surface area (Å²) in [6.07, 6.45) is 3.51. The molecule has 0 spiro atoms. The Morgan fingerprint density at radius 3 is 2.56 bits per heavy atom. The van der Waals surface area contributed by atoms with Crippen LogP contribution in [0.4, 0.5) is 0 Å². The van der Waals surface area contributed by atoms with Gasteiger partial charge in [-0.05, 0) is 26.7 Å². The molecule has 0 saturated carbocycles. The van der Waals surface area contributed by atoms with Gasteiger partial charge in [0.15, 0.2) is 0 Å². The quantitative estimate of drug-likeness (QED) is 0.706. The molecule has 4 heteroatoms. The summed E-state index contributed by atoms with van der Waals surface area (Å²) < 4.78 is 5.69. The second kappa shape index (κ2) is 5.15. The van der Waals surface area contributed by atoms with E-state index in [0.29, 0.717) is 5.91 Å². The van der Waals surface area contributed by atoms with Crippen LogP contribution < -0.4 is 0 Å². The van der Waals surface area contributed by atoms with E-state index in [0.717, 1.165) is 45.6 Å². The number of nitrogens with zero attached hydrogens (tertiary/aromatic N) is 2. The minimum Gasteiger partial charge on any atom is -0.373 e. The van der Waals surface area contributed by atoms with Crippen LogP contribution in [0, 0.1) is 0 Å². The van der Waals surface area contributed by atoms with Gasteiger partial charge in [-0.2, -0.15) is 0 Å². The van der Waals surface area contributed by atoms with Crippen LogP contribution in [0.3, 0.4) is 0 Å². The van der Waals surface area contributed by atoms with E-state index in [2.05, 4.69) is 18.7 Å². The molecule has 1 amide bonds. The van der Waals surface area contributed by atoms with Crippen LogP contribution in [0.25, 0.3) is 0 Å². The summed E-state index contributed by atoms with van der Waals surface area (Å²) >= 11 is 0. The van der Waals surface area contributed by atoms with Gasteiger partial charge in [-0.3, -0.25) is 9.69 Å². The van der Waals surface area contributed by atoms with Crippen molar-refractivity contribution in [2.75, 3.05) is 26.3 Å². The molecule has 2 aliphatic heterocycles. The van der Waals surface area contributed by atoms with Crippen LogP contribution in [0.5, 0.6) is 0 Å². The topological polar surface area (TPSA) is 32.8 Å². The van der Waals surface area contributed by atoms with Crippen molar-refractivity contribution in [3.8, 4) is 0 Å². The highest BCUT2D eigenvalue weighted by Gasteiger charge is 2.26. The number of carbonyl (C=O) groups is 1. The predicted octanol–water partition coefficient (Wildman–Crippen LogP) is 1.07. The fourth-order valence-corrected chi connectivity index (χ4v) is 2.65. The third-order valence-electron chi connectivity index (χ3n) is 3.29. The molecule has 16 heavy (non-hydrogen) atoms. The van der Waals surface area contributed by atoms with E-state index in [1.807, 2.05) is 4.90 Å². The first-order chi connectivity index (χ1) is 7.65. The maximum absolute atomic E-state index is 11.7. The van der Waals surface area contributed by atoms with Crippen LogP contribution in [-0.2, 0) is 9.53 Å². The highest BCUT2D eigenvalue weighted by atomic mass is 16.5. The van der Waals surface area contributed by atoms with Gasteiger partial charge in [0, 0.05) is 26.1 Å². The summed E-state index contributed by atoms with van der Waals surface area (Å²) in [6.45, 7) is 7.79. The molecule has 92 valence electrons. The van der Waals surface area contributed by atoms with E-state index >= 15 is 0 Å². The number of ether oxygens (including phenoxy) is 1. The Balaban J connectivity index is 1.85. The van der Waals surface area contributed by atoms with Gasteiger partial charge in [-0.1, -0.05) is 0 Å². The number of likely N-dealkylation sites (tertiary alicyclic amines) is 1. The lowest BCUT2D eigenvalue weighted by molar-refractivity contribution is -0.139. The van der Waals surface area contributed by atoms with Crippen molar-refractivity contribution < 1.29 is 9.53 Å². The fraction of sp³-hybridized carbons (Fsp3) is 0.917. The van der Waals surface area contributed by atoms with E-state index in [1.54, 1.807) is 0 Å². The Morgan fingerprint density at radius 1 is 1.25 bits per heavy atom. The Morgan fingerprint density at radius 2 is 1.94 bits per heavy atom. The van der Waals surface area contributed by atoms with Crippen molar-refractivity contribution in [1.29, 1.82) is 0 Å². The van der Waals surface area contributed by atoms with Gasteiger partial charge in [0.05, 0.1) is 18.9 Å². The molecule has 2 atom stereocenters. The average molecular weight is 226 g/mol. The fourth-order valence-electron chi connectivity index (χ4n) is 2.65. The molecule has 0 aliphatic carbocycles. The van der Waals surface area contributed by atoms with Gasteiger partial charge in [0.2, 0.25) is 5.91 Å². The molecule has 2 fully saturated rings. The van der Waals surface area contributed by atoms with Gasteiger partial charge in [0.1, 0.15) is 0 Å². The van der Waals surface area contributed by atoms with Crippen molar-refractivity contribution in [3.63, 3.8) is 0 Å². The molecule has 2 saturated heterocycles. The van der Waals surface area contributed by atoms with E-state index < -0.39 is 0 Å². The normalized spacial score (nSPS) is 33.1. The van der Waals surface area contributed by atoms with E-state index in [1.165, 1.54) is 0 Å². The minimum absolute atomic E-state index is 0.281. The summed E-state index contributed by atoms with van der Waals surface area (Å²) in [4.78, 5) is 16.0. The van der Waals surface area contributed by atoms with E-state index in [9.17, 15) is 4.79 Å². The lowest BCUT2D eigenvalue weighted by atomic mass is 10.1. The number of carbonyl (C=O) groups excluding carboxylic acids is 1. The Bertz CT molecular complexity index is 247. The standard InChI is InChI=1S/C12H22N2O2/c1-10-7-13(8-11(2)16-10)9-14-6-4-3-5-12(14)15/h10-11H,3-9H2,1-2H3/t10-,11-/m0/s1. The summed E-state index contributed by atoms with van der Waals surface area (Å²) in [5.74, 6) is 0.318. The van der Waals surface area contributed by atoms with Crippen LogP contribution in [0.1, 0.15) is 33.1 Å². The molecular weight excluding hydrogens is 204 g/mol. The second-order valence-corrected chi connectivity index (χ2v) is 5.05. The predicted molar refractivity (Wildman–Crippen MR) is 62.0 cm³/mol. The van der Waals surface area contributed by atoms with Crippen LogP contribution in [0.15, 0.2) is 0 Å². The van der Waals surface area contributed by atoms with E-state index in [-0.39, 0.29) is 12.2 Å². The first kappa shape index (κ1) is 11.9. The molecule has 0 aromatic rings. The molecule has 0 aromatic carbocycles. The molecule has 0 radical (unpaired) electrons. The van der Waals surface area contributed by atoms with Gasteiger partial charge in [-0.25, -0.2) is 0 Å². The molecule has 0 bridgehead atoms. The summed E-state index contributed by atoms with van der Waals surface area (Å²) in [5.41, 5.74) is 0. The second-order valence-electron chi connectivity index (χ2n) is 5.05. The number of rotatable bonds is 2. The third-order valence-corrected chi connectivity index (χ3v) is 3.29. The summed E-state index contributed by atoms with van der Waals surface area (Å²) in [6, 6.07) is 0. The molecule has 0 N–H and O–H groups in total. The highest BCUT2D eigenvalue weighted by Crippen LogP contribution is 2.15. The van der Waals surface area contributed by atoms with Gasteiger partial charge >= 0.3 is 0 Å².